The summed E-state index contributed by atoms with van der Waals surface area (Å²) >= 11 is 0. The zero-order valence-corrected chi connectivity index (χ0v) is 15.8. The van der Waals surface area contributed by atoms with Crippen molar-refractivity contribution in [3.05, 3.63) is 78.1 Å². The Hall–Kier alpha value is -2.81. The van der Waals surface area contributed by atoms with Gasteiger partial charge in [-0.2, -0.15) is 0 Å². The molecule has 138 valence electrons. The molecule has 1 aliphatic carbocycles. The molecule has 0 radical (unpaired) electrons. The van der Waals surface area contributed by atoms with Crippen molar-refractivity contribution in [2.24, 2.45) is 4.99 Å². The van der Waals surface area contributed by atoms with Gasteiger partial charge in [0.1, 0.15) is 11.5 Å². The molecule has 1 heterocycles. The molecule has 0 saturated heterocycles. The maximum atomic E-state index is 5.94. The minimum absolute atomic E-state index is 0.666. The smallest absolute Gasteiger partial charge is 0.130 e. The zero-order valence-electron chi connectivity index (χ0n) is 15.8. The Morgan fingerprint density at radius 3 is 2.52 bits per heavy atom. The van der Waals surface area contributed by atoms with Crippen LogP contribution in [0.5, 0.6) is 11.5 Å². The SMILES string of the molecule is Cc1ccccc1Oc1ccc(N=Cc2ccn(C3CCCCC3)c2)cc1. The monoisotopic (exact) mass is 358 g/mol. The summed E-state index contributed by atoms with van der Waals surface area (Å²) in [4.78, 5) is 4.61. The van der Waals surface area contributed by atoms with Crippen LogP contribution in [0.4, 0.5) is 5.69 Å². The lowest BCUT2D eigenvalue weighted by Crippen LogP contribution is -2.10. The number of rotatable bonds is 5. The van der Waals surface area contributed by atoms with Gasteiger partial charge in [-0.3, -0.25) is 4.99 Å². The van der Waals surface area contributed by atoms with Gasteiger partial charge in [0, 0.05) is 30.2 Å². The summed E-state index contributed by atoms with van der Waals surface area (Å²) < 4.78 is 8.30. The van der Waals surface area contributed by atoms with Crippen LogP contribution in [-0.4, -0.2) is 10.8 Å². The molecule has 0 spiro atoms. The first-order valence-electron chi connectivity index (χ1n) is 9.83. The molecule has 1 fully saturated rings. The minimum Gasteiger partial charge on any atom is -0.457 e. The molecule has 27 heavy (non-hydrogen) atoms. The van der Waals surface area contributed by atoms with Gasteiger partial charge in [0.05, 0.1) is 5.69 Å². The molecule has 0 atom stereocenters. The predicted molar refractivity (Wildman–Crippen MR) is 112 cm³/mol. The summed E-state index contributed by atoms with van der Waals surface area (Å²) in [6.45, 7) is 2.05. The molecule has 1 aliphatic rings. The standard InChI is InChI=1S/C24H26N2O/c1-19-7-5-6-10-24(19)27-23-13-11-21(12-14-23)25-17-20-15-16-26(18-20)22-8-3-2-4-9-22/h5-7,10-18,22H,2-4,8-9H2,1H3. The fraction of sp³-hybridized carbons (Fsp3) is 0.292. The Bertz CT molecular complexity index is 902. The van der Waals surface area contributed by atoms with Crippen LogP contribution in [0.1, 0.15) is 49.3 Å². The van der Waals surface area contributed by atoms with Crippen molar-refractivity contribution in [2.75, 3.05) is 0 Å². The third-order valence-electron chi connectivity index (χ3n) is 5.25. The van der Waals surface area contributed by atoms with E-state index >= 15 is 0 Å². The molecular weight excluding hydrogens is 332 g/mol. The minimum atomic E-state index is 0.666. The number of aromatic nitrogens is 1. The average Bonchev–Trinajstić information content (AvgIpc) is 3.19. The number of ether oxygens (including phenoxy) is 1. The third kappa shape index (κ3) is 4.48. The Morgan fingerprint density at radius 1 is 0.963 bits per heavy atom. The van der Waals surface area contributed by atoms with Crippen molar-refractivity contribution < 1.29 is 4.74 Å². The summed E-state index contributed by atoms with van der Waals surface area (Å²) in [5, 5.41) is 0. The molecule has 1 aromatic heterocycles. The number of para-hydroxylation sites is 1. The van der Waals surface area contributed by atoms with E-state index in [2.05, 4.69) is 28.0 Å². The molecule has 0 N–H and O–H groups in total. The molecule has 0 bridgehead atoms. The number of aryl methyl sites for hydroxylation is 1. The number of benzene rings is 2. The highest BCUT2D eigenvalue weighted by atomic mass is 16.5. The van der Waals surface area contributed by atoms with Gasteiger partial charge in [0.15, 0.2) is 0 Å². The second-order valence-electron chi connectivity index (χ2n) is 7.30. The van der Waals surface area contributed by atoms with E-state index in [9.17, 15) is 0 Å². The largest absolute Gasteiger partial charge is 0.457 e. The maximum Gasteiger partial charge on any atom is 0.130 e. The van der Waals surface area contributed by atoms with Crippen LogP contribution in [0.2, 0.25) is 0 Å². The maximum absolute atomic E-state index is 5.94. The zero-order chi connectivity index (χ0) is 18.5. The molecule has 1 saturated carbocycles. The van der Waals surface area contributed by atoms with Crippen LogP contribution in [0.25, 0.3) is 0 Å². The number of nitrogens with zero attached hydrogens (tertiary/aromatic N) is 2. The van der Waals surface area contributed by atoms with E-state index in [0.717, 1.165) is 28.3 Å². The number of hydrogen-bond donors (Lipinski definition) is 0. The van der Waals surface area contributed by atoms with Crippen LogP contribution < -0.4 is 4.74 Å². The summed E-state index contributed by atoms with van der Waals surface area (Å²) in [6, 6.07) is 18.8. The normalized spacial score (nSPS) is 15.3. The van der Waals surface area contributed by atoms with Gasteiger partial charge in [0.25, 0.3) is 0 Å². The topological polar surface area (TPSA) is 26.5 Å². The van der Waals surface area contributed by atoms with Crippen LogP contribution in [0, 0.1) is 6.92 Å². The van der Waals surface area contributed by atoms with Crippen molar-refractivity contribution in [3.8, 4) is 11.5 Å². The van der Waals surface area contributed by atoms with E-state index in [4.69, 9.17) is 4.74 Å². The van der Waals surface area contributed by atoms with E-state index in [0.29, 0.717) is 6.04 Å². The van der Waals surface area contributed by atoms with Crippen LogP contribution in [-0.2, 0) is 0 Å². The molecule has 0 unspecified atom stereocenters. The third-order valence-corrected chi connectivity index (χ3v) is 5.25. The lowest BCUT2D eigenvalue weighted by Gasteiger charge is -2.23. The average molecular weight is 358 g/mol. The quantitative estimate of drug-likeness (QED) is 0.458. The summed E-state index contributed by atoms with van der Waals surface area (Å²) in [5.41, 5.74) is 3.21. The Balaban J connectivity index is 1.39. The number of aliphatic imine (C=N–C) groups is 1. The van der Waals surface area contributed by atoms with Crippen LogP contribution >= 0.6 is 0 Å². The molecule has 2 aromatic carbocycles. The van der Waals surface area contributed by atoms with E-state index in [1.165, 1.54) is 32.1 Å². The van der Waals surface area contributed by atoms with Crippen LogP contribution in [0.3, 0.4) is 0 Å². The van der Waals surface area contributed by atoms with Gasteiger partial charge < -0.3 is 9.30 Å². The Labute approximate surface area is 161 Å². The highest BCUT2D eigenvalue weighted by molar-refractivity contribution is 5.81. The Morgan fingerprint density at radius 2 is 1.74 bits per heavy atom. The lowest BCUT2D eigenvalue weighted by atomic mass is 9.95. The summed E-state index contributed by atoms with van der Waals surface area (Å²) in [6.07, 6.45) is 13.0. The first-order chi connectivity index (χ1) is 13.3. The Kier molecular flexibility index (Phi) is 5.38. The van der Waals surface area contributed by atoms with Gasteiger partial charge in [-0.25, -0.2) is 0 Å². The molecule has 3 nitrogen and oxygen atoms in total. The van der Waals surface area contributed by atoms with E-state index in [-0.39, 0.29) is 0 Å². The molecule has 3 heteroatoms. The first-order valence-corrected chi connectivity index (χ1v) is 9.83. The van der Waals surface area contributed by atoms with E-state index in [1.807, 2.05) is 61.7 Å². The van der Waals surface area contributed by atoms with Gasteiger partial charge in [0.2, 0.25) is 0 Å². The fourth-order valence-electron chi connectivity index (χ4n) is 3.66. The van der Waals surface area contributed by atoms with Crippen LogP contribution in [0.15, 0.2) is 72.0 Å². The van der Waals surface area contributed by atoms with Gasteiger partial charge in [-0.15, -0.1) is 0 Å². The van der Waals surface area contributed by atoms with E-state index in [1.54, 1.807) is 0 Å². The van der Waals surface area contributed by atoms with Gasteiger partial charge in [-0.05, 0) is 61.7 Å². The lowest BCUT2D eigenvalue weighted by molar-refractivity contribution is 0.354. The van der Waals surface area contributed by atoms with Crippen molar-refractivity contribution in [1.82, 2.24) is 4.57 Å². The highest BCUT2D eigenvalue weighted by Gasteiger charge is 2.14. The summed E-state index contributed by atoms with van der Waals surface area (Å²) in [5.74, 6) is 1.71. The molecular formula is C24H26N2O. The summed E-state index contributed by atoms with van der Waals surface area (Å²) in [7, 11) is 0. The van der Waals surface area contributed by atoms with E-state index < -0.39 is 0 Å². The molecule has 0 aliphatic heterocycles. The molecule has 4 rings (SSSR count). The van der Waals surface area contributed by atoms with Gasteiger partial charge >= 0.3 is 0 Å². The van der Waals surface area contributed by atoms with Crippen molar-refractivity contribution in [1.29, 1.82) is 0 Å². The van der Waals surface area contributed by atoms with Gasteiger partial charge in [-0.1, -0.05) is 37.5 Å². The van der Waals surface area contributed by atoms with Crippen molar-refractivity contribution >= 4 is 11.9 Å². The predicted octanol–water partition coefficient (Wildman–Crippen LogP) is 6.84. The van der Waals surface area contributed by atoms with Crippen molar-refractivity contribution in [3.63, 3.8) is 0 Å². The number of hydrogen-bond acceptors (Lipinski definition) is 2. The molecule has 0 amide bonds. The van der Waals surface area contributed by atoms with Crippen molar-refractivity contribution in [2.45, 2.75) is 45.1 Å². The second kappa shape index (κ2) is 8.26. The molecule has 3 aromatic rings. The highest BCUT2D eigenvalue weighted by Crippen LogP contribution is 2.29. The second-order valence-corrected chi connectivity index (χ2v) is 7.30. The first kappa shape index (κ1) is 17.6. The fourth-order valence-corrected chi connectivity index (χ4v) is 3.66.